The number of fused-ring (bicyclic) bond motifs is 1. The number of benzene rings is 3. The zero-order valence-electron chi connectivity index (χ0n) is 23.3. The van der Waals surface area contributed by atoms with Crippen molar-refractivity contribution in [3.05, 3.63) is 71.0 Å². The van der Waals surface area contributed by atoms with Crippen LogP contribution in [0.15, 0.2) is 59.5 Å². The topological polar surface area (TPSA) is 97.3 Å². The summed E-state index contributed by atoms with van der Waals surface area (Å²) in [4.78, 5) is 25.2. The molecule has 0 aliphatic carbocycles. The van der Waals surface area contributed by atoms with Crippen molar-refractivity contribution >= 4 is 51.9 Å². The van der Waals surface area contributed by atoms with Crippen LogP contribution in [0.25, 0.3) is 10.9 Å². The Morgan fingerprint density at radius 3 is 2.60 bits per heavy atom. The Morgan fingerprint density at radius 1 is 1.07 bits per heavy atom. The molecule has 1 amide bonds. The Kier molecular flexibility index (Phi) is 9.08. The smallest absolute Gasteiger partial charge is 0.407 e. The van der Waals surface area contributed by atoms with Crippen LogP contribution in [0.4, 0.5) is 20.7 Å². The van der Waals surface area contributed by atoms with E-state index in [1.165, 1.54) is 18.1 Å². The zero-order valence-corrected chi connectivity index (χ0v) is 24.9. The molecule has 1 aliphatic rings. The van der Waals surface area contributed by atoms with Crippen LogP contribution in [-0.4, -0.2) is 65.7 Å². The molecule has 220 valence electrons. The summed E-state index contributed by atoms with van der Waals surface area (Å²) in [6, 6.07) is 16.2. The summed E-state index contributed by atoms with van der Waals surface area (Å²) in [5, 5.41) is 10.3. The molecule has 42 heavy (non-hydrogen) atoms. The van der Waals surface area contributed by atoms with E-state index in [2.05, 4.69) is 4.98 Å². The number of hydrogen-bond acceptors (Lipinski definition) is 8. The fourth-order valence-corrected chi connectivity index (χ4v) is 6.38. The molecule has 4 aromatic rings. The number of likely N-dealkylation sites (tertiary alicyclic amines) is 1. The number of nitrogens with zero attached hydrogens (tertiary/aromatic N) is 4. The van der Waals surface area contributed by atoms with E-state index in [0.717, 1.165) is 28.7 Å². The summed E-state index contributed by atoms with van der Waals surface area (Å²) in [5.74, 6) is 1.17. The Hall–Kier alpha value is -3.96. The van der Waals surface area contributed by atoms with Crippen LogP contribution in [0.5, 0.6) is 17.5 Å². The molecule has 0 unspecified atom stereocenters. The zero-order chi connectivity index (χ0) is 29.8. The summed E-state index contributed by atoms with van der Waals surface area (Å²) in [5.41, 5.74) is 2.14. The highest BCUT2D eigenvalue weighted by Gasteiger charge is 2.25. The van der Waals surface area contributed by atoms with Crippen molar-refractivity contribution in [1.29, 1.82) is 0 Å². The monoisotopic (exact) mass is 612 g/mol. The summed E-state index contributed by atoms with van der Waals surface area (Å²) >= 11 is 7.87. The van der Waals surface area contributed by atoms with E-state index in [9.17, 15) is 14.3 Å². The third-order valence-electron chi connectivity index (χ3n) is 7.02. The summed E-state index contributed by atoms with van der Waals surface area (Å²) < 4.78 is 30.6. The summed E-state index contributed by atoms with van der Waals surface area (Å²) in [6.07, 6.45) is 0.830. The van der Waals surface area contributed by atoms with Crippen LogP contribution in [0.1, 0.15) is 18.4 Å². The first-order chi connectivity index (χ1) is 20.3. The predicted molar refractivity (Wildman–Crippen MR) is 161 cm³/mol. The molecule has 1 atom stereocenters. The SMILES string of the molecule is COc1nc(N(Cc2ccc(OC)c(OC)c2)c2ccc(F)c(Cl)c2)c2cc(S[C@@H]3CCCN(C(=O)O)C3)ccc2n1. The fraction of sp³-hybridized carbons (Fsp3) is 0.300. The van der Waals surface area contributed by atoms with Gasteiger partial charge in [0.25, 0.3) is 0 Å². The lowest BCUT2D eigenvalue weighted by Crippen LogP contribution is -2.40. The van der Waals surface area contributed by atoms with E-state index < -0.39 is 11.9 Å². The maximum absolute atomic E-state index is 14.2. The largest absolute Gasteiger partial charge is 0.493 e. The van der Waals surface area contributed by atoms with Crippen molar-refractivity contribution in [3.63, 3.8) is 0 Å². The third kappa shape index (κ3) is 6.42. The van der Waals surface area contributed by atoms with Crippen molar-refractivity contribution in [2.45, 2.75) is 29.5 Å². The molecule has 12 heteroatoms. The van der Waals surface area contributed by atoms with Crippen molar-refractivity contribution in [2.24, 2.45) is 0 Å². The van der Waals surface area contributed by atoms with Gasteiger partial charge in [0.1, 0.15) is 11.6 Å². The van der Waals surface area contributed by atoms with E-state index in [4.69, 9.17) is 30.8 Å². The van der Waals surface area contributed by atoms with Gasteiger partial charge in [-0.25, -0.2) is 9.18 Å². The molecule has 3 aromatic carbocycles. The molecule has 0 bridgehead atoms. The Balaban J connectivity index is 1.60. The van der Waals surface area contributed by atoms with Gasteiger partial charge in [-0.1, -0.05) is 17.7 Å². The van der Waals surface area contributed by atoms with Gasteiger partial charge in [0, 0.05) is 40.9 Å². The average Bonchev–Trinajstić information content (AvgIpc) is 3.00. The van der Waals surface area contributed by atoms with Gasteiger partial charge < -0.3 is 29.1 Å². The molecular formula is C30H30ClFN4O5S. The number of ether oxygens (including phenoxy) is 3. The quantitative estimate of drug-likeness (QED) is 0.214. The fourth-order valence-electron chi connectivity index (χ4n) is 4.94. The Labute approximate surface area is 252 Å². The molecule has 0 saturated carbocycles. The van der Waals surface area contributed by atoms with Gasteiger partial charge in [-0.2, -0.15) is 9.97 Å². The van der Waals surface area contributed by atoms with Gasteiger partial charge in [-0.15, -0.1) is 11.8 Å². The first-order valence-electron chi connectivity index (χ1n) is 13.2. The molecule has 0 radical (unpaired) electrons. The Morgan fingerprint density at radius 2 is 1.88 bits per heavy atom. The minimum atomic E-state index is -0.898. The van der Waals surface area contributed by atoms with Gasteiger partial charge in [0.15, 0.2) is 11.5 Å². The molecule has 1 aliphatic heterocycles. The van der Waals surface area contributed by atoms with Gasteiger partial charge >= 0.3 is 12.1 Å². The van der Waals surface area contributed by atoms with Crippen LogP contribution in [0.3, 0.4) is 0 Å². The normalized spacial score (nSPS) is 15.0. The van der Waals surface area contributed by atoms with E-state index in [-0.39, 0.29) is 16.3 Å². The number of carbonyl (C=O) groups is 1. The highest BCUT2D eigenvalue weighted by molar-refractivity contribution is 8.00. The number of aromatic nitrogens is 2. The van der Waals surface area contributed by atoms with Crippen LogP contribution in [0, 0.1) is 5.82 Å². The first kappa shape index (κ1) is 29.5. The van der Waals surface area contributed by atoms with E-state index >= 15 is 0 Å². The number of hydrogen-bond donors (Lipinski definition) is 1. The first-order valence-corrected chi connectivity index (χ1v) is 14.5. The highest BCUT2D eigenvalue weighted by Crippen LogP contribution is 2.39. The van der Waals surface area contributed by atoms with Crippen LogP contribution < -0.4 is 19.1 Å². The lowest BCUT2D eigenvalue weighted by Gasteiger charge is -2.30. The number of carboxylic acid groups (broad SMARTS) is 1. The molecule has 1 N–H and O–H groups in total. The van der Waals surface area contributed by atoms with E-state index in [1.54, 1.807) is 38.1 Å². The number of halogens is 2. The van der Waals surface area contributed by atoms with Gasteiger partial charge in [0.2, 0.25) is 0 Å². The lowest BCUT2D eigenvalue weighted by molar-refractivity contribution is 0.137. The second-order valence-corrected chi connectivity index (χ2v) is 11.5. The minimum Gasteiger partial charge on any atom is -0.493 e. The van der Waals surface area contributed by atoms with Crippen LogP contribution in [0.2, 0.25) is 5.02 Å². The number of thioether (sulfide) groups is 1. The van der Waals surface area contributed by atoms with Crippen molar-refractivity contribution in [1.82, 2.24) is 14.9 Å². The molecule has 0 spiro atoms. The number of rotatable bonds is 9. The van der Waals surface area contributed by atoms with Gasteiger partial charge in [-0.05, 0) is 66.9 Å². The summed E-state index contributed by atoms with van der Waals surface area (Å²) in [6.45, 7) is 1.34. The Bertz CT molecular complexity index is 1610. The van der Waals surface area contributed by atoms with Crippen LogP contribution >= 0.6 is 23.4 Å². The number of anilines is 2. The van der Waals surface area contributed by atoms with E-state index in [0.29, 0.717) is 48.2 Å². The molecule has 9 nitrogen and oxygen atoms in total. The molecular weight excluding hydrogens is 583 g/mol. The lowest BCUT2D eigenvalue weighted by atomic mass is 10.1. The van der Waals surface area contributed by atoms with Crippen molar-refractivity contribution in [3.8, 4) is 17.5 Å². The van der Waals surface area contributed by atoms with Crippen molar-refractivity contribution < 1.29 is 28.5 Å². The van der Waals surface area contributed by atoms with Gasteiger partial charge in [0.05, 0.1) is 31.9 Å². The maximum Gasteiger partial charge on any atom is 0.407 e. The second kappa shape index (κ2) is 12.9. The van der Waals surface area contributed by atoms with Crippen LogP contribution in [-0.2, 0) is 6.54 Å². The number of amides is 1. The predicted octanol–water partition coefficient (Wildman–Crippen LogP) is 7.02. The molecule has 2 heterocycles. The van der Waals surface area contributed by atoms with Crippen molar-refractivity contribution in [2.75, 3.05) is 39.3 Å². The number of piperidine rings is 1. The second-order valence-electron chi connectivity index (χ2n) is 9.70. The average molecular weight is 613 g/mol. The summed E-state index contributed by atoms with van der Waals surface area (Å²) in [7, 11) is 4.65. The minimum absolute atomic E-state index is 0.0216. The van der Waals surface area contributed by atoms with Gasteiger partial charge in [-0.3, -0.25) is 0 Å². The van der Waals surface area contributed by atoms with E-state index in [1.807, 2.05) is 41.3 Å². The third-order valence-corrected chi connectivity index (χ3v) is 8.55. The molecule has 1 fully saturated rings. The maximum atomic E-state index is 14.2. The standard InChI is InChI=1S/C30H30ClFN4O5S/c1-39-26-11-6-18(13-27(26)40-2)16-36(19-7-9-24(32)23(31)14-19)28-22-15-20(8-10-25(22)33-29(34-28)41-3)42-21-5-4-12-35(17-21)30(37)38/h6-11,13-15,21H,4-5,12,16-17H2,1-3H3,(H,37,38)/t21-/m1/s1. The molecule has 1 aromatic heterocycles. The highest BCUT2D eigenvalue weighted by atomic mass is 35.5. The molecule has 5 rings (SSSR count). The number of methoxy groups -OCH3 is 3. The molecule has 1 saturated heterocycles.